The Morgan fingerprint density at radius 2 is 1.76 bits per heavy atom. The molecule has 1 amide bonds. The van der Waals surface area contributed by atoms with Crippen molar-refractivity contribution in [1.29, 1.82) is 0 Å². The van der Waals surface area contributed by atoms with Crippen molar-refractivity contribution in [3.8, 4) is 11.5 Å². The van der Waals surface area contributed by atoms with Gasteiger partial charge in [-0.15, -0.1) is 0 Å². The number of benzene rings is 3. The smallest absolute Gasteiger partial charge is 0.264 e. The SMILES string of the molecule is CCOc1cc(C=C2SC(=Nc3ccc(C)c(C)c3)NC2=O)ccc1OCc1ccc(Cl)cc1. The van der Waals surface area contributed by atoms with Crippen molar-refractivity contribution >= 4 is 46.2 Å². The average molecular weight is 493 g/mol. The highest BCUT2D eigenvalue weighted by molar-refractivity contribution is 8.18. The maximum absolute atomic E-state index is 12.5. The molecule has 0 saturated carbocycles. The number of carbonyl (C=O) groups excluding carboxylic acids is 1. The van der Waals surface area contributed by atoms with E-state index in [4.69, 9.17) is 21.1 Å². The van der Waals surface area contributed by atoms with E-state index in [2.05, 4.69) is 17.2 Å². The molecule has 3 aromatic rings. The molecule has 0 radical (unpaired) electrons. The van der Waals surface area contributed by atoms with Gasteiger partial charge in [-0.05, 0) is 97.3 Å². The van der Waals surface area contributed by atoms with Crippen molar-refractivity contribution in [1.82, 2.24) is 5.32 Å². The second-order valence-electron chi connectivity index (χ2n) is 7.80. The summed E-state index contributed by atoms with van der Waals surface area (Å²) >= 11 is 7.27. The van der Waals surface area contributed by atoms with Gasteiger partial charge in [0.25, 0.3) is 5.91 Å². The predicted molar refractivity (Wildman–Crippen MR) is 140 cm³/mol. The van der Waals surface area contributed by atoms with Gasteiger partial charge in [-0.25, -0.2) is 4.99 Å². The molecule has 0 unspecified atom stereocenters. The summed E-state index contributed by atoms with van der Waals surface area (Å²) in [7, 11) is 0. The lowest BCUT2D eigenvalue weighted by molar-refractivity contribution is -0.115. The number of nitrogens with one attached hydrogen (secondary N) is 1. The summed E-state index contributed by atoms with van der Waals surface area (Å²) in [5.74, 6) is 1.09. The van der Waals surface area contributed by atoms with Crippen LogP contribution in [-0.4, -0.2) is 17.7 Å². The lowest BCUT2D eigenvalue weighted by Gasteiger charge is -2.13. The van der Waals surface area contributed by atoms with Gasteiger partial charge in [-0.3, -0.25) is 4.79 Å². The minimum Gasteiger partial charge on any atom is -0.490 e. The monoisotopic (exact) mass is 492 g/mol. The van der Waals surface area contributed by atoms with Crippen molar-refractivity contribution in [2.45, 2.75) is 27.4 Å². The molecule has 1 fully saturated rings. The molecule has 0 aromatic heterocycles. The van der Waals surface area contributed by atoms with Crippen molar-refractivity contribution in [3.05, 3.63) is 92.8 Å². The third-order valence-electron chi connectivity index (χ3n) is 5.24. The normalized spacial score (nSPS) is 15.6. The summed E-state index contributed by atoms with van der Waals surface area (Å²) in [5, 5.41) is 4.09. The topological polar surface area (TPSA) is 59.9 Å². The fourth-order valence-corrected chi connectivity index (χ4v) is 4.26. The van der Waals surface area contributed by atoms with Crippen molar-refractivity contribution in [3.63, 3.8) is 0 Å². The number of aryl methyl sites for hydroxylation is 2. The minimum absolute atomic E-state index is 0.173. The Kier molecular flexibility index (Phi) is 7.60. The average Bonchev–Trinajstić information content (AvgIpc) is 3.15. The number of hydrogen-bond acceptors (Lipinski definition) is 5. The number of nitrogens with zero attached hydrogens (tertiary/aromatic N) is 1. The zero-order valence-corrected chi connectivity index (χ0v) is 20.8. The van der Waals surface area contributed by atoms with E-state index in [0.29, 0.717) is 39.8 Å². The number of hydrogen-bond donors (Lipinski definition) is 1. The Balaban J connectivity index is 1.50. The Morgan fingerprint density at radius 1 is 0.971 bits per heavy atom. The molecule has 1 N–H and O–H groups in total. The van der Waals surface area contributed by atoms with E-state index in [9.17, 15) is 4.79 Å². The summed E-state index contributed by atoms with van der Waals surface area (Å²) in [4.78, 5) is 17.7. The molecule has 1 heterocycles. The summed E-state index contributed by atoms with van der Waals surface area (Å²) in [5.41, 5.74) is 5.03. The van der Waals surface area contributed by atoms with Crippen LogP contribution in [0.15, 0.2) is 70.6 Å². The highest BCUT2D eigenvalue weighted by Crippen LogP contribution is 2.33. The molecule has 1 aliphatic heterocycles. The molecule has 3 aromatic carbocycles. The van der Waals surface area contributed by atoms with Crippen LogP contribution in [0.1, 0.15) is 29.2 Å². The molecule has 1 aliphatic rings. The van der Waals surface area contributed by atoms with Gasteiger partial charge in [0.15, 0.2) is 16.7 Å². The van der Waals surface area contributed by atoms with E-state index in [1.54, 1.807) is 0 Å². The van der Waals surface area contributed by atoms with Crippen LogP contribution in [0, 0.1) is 13.8 Å². The van der Waals surface area contributed by atoms with Gasteiger partial charge in [-0.1, -0.05) is 35.9 Å². The summed E-state index contributed by atoms with van der Waals surface area (Å²) < 4.78 is 11.8. The van der Waals surface area contributed by atoms with Gasteiger partial charge in [-0.2, -0.15) is 0 Å². The number of ether oxygens (including phenoxy) is 2. The number of carbonyl (C=O) groups is 1. The van der Waals surface area contributed by atoms with Crippen LogP contribution in [0.5, 0.6) is 11.5 Å². The van der Waals surface area contributed by atoms with Crippen LogP contribution < -0.4 is 14.8 Å². The first-order chi connectivity index (χ1) is 16.4. The number of amides is 1. The summed E-state index contributed by atoms with van der Waals surface area (Å²) in [6.45, 7) is 6.92. The first kappa shape index (κ1) is 23.9. The predicted octanol–water partition coefficient (Wildman–Crippen LogP) is 6.83. The number of aliphatic imine (C=N–C) groups is 1. The van der Waals surface area contributed by atoms with Gasteiger partial charge in [0.1, 0.15) is 6.61 Å². The molecular formula is C27H25ClN2O3S. The van der Waals surface area contributed by atoms with Crippen LogP contribution in [0.25, 0.3) is 6.08 Å². The minimum atomic E-state index is -0.173. The van der Waals surface area contributed by atoms with E-state index >= 15 is 0 Å². The van der Waals surface area contributed by atoms with Crippen LogP contribution in [0.4, 0.5) is 5.69 Å². The van der Waals surface area contributed by atoms with Gasteiger partial charge >= 0.3 is 0 Å². The molecule has 0 atom stereocenters. The van der Waals surface area contributed by atoms with Gasteiger partial charge in [0.2, 0.25) is 0 Å². The first-order valence-corrected chi connectivity index (χ1v) is 12.1. The van der Waals surface area contributed by atoms with E-state index < -0.39 is 0 Å². The van der Waals surface area contributed by atoms with E-state index in [1.165, 1.54) is 17.3 Å². The number of halogens is 1. The van der Waals surface area contributed by atoms with Crippen LogP contribution in [0.3, 0.4) is 0 Å². The zero-order chi connectivity index (χ0) is 24.1. The molecule has 4 rings (SSSR count). The molecular weight excluding hydrogens is 468 g/mol. The van der Waals surface area contributed by atoms with E-state index in [1.807, 2.05) is 80.6 Å². The van der Waals surface area contributed by atoms with E-state index in [-0.39, 0.29) is 5.91 Å². The maximum Gasteiger partial charge on any atom is 0.264 e. The molecule has 34 heavy (non-hydrogen) atoms. The molecule has 5 nitrogen and oxygen atoms in total. The molecule has 0 aliphatic carbocycles. The first-order valence-electron chi connectivity index (χ1n) is 10.9. The number of amidine groups is 1. The third-order valence-corrected chi connectivity index (χ3v) is 6.41. The van der Waals surface area contributed by atoms with Gasteiger partial charge in [0.05, 0.1) is 17.2 Å². The molecule has 174 valence electrons. The van der Waals surface area contributed by atoms with Gasteiger partial charge < -0.3 is 14.8 Å². The van der Waals surface area contributed by atoms with Crippen LogP contribution in [-0.2, 0) is 11.4 Å². The quantitative estimate of drug-likeness (QED) is 0.367. The summed E-state index contributed by atoms with van der Waals surface area (Å²) in [6, 6.07) is 19.1. The Labute approximate surface area is 208 Å². The Morgan fingerprint density at radius 3 is 2.50 bits per heavy atom. The van der Waals surface area contributed by atoms with Crippen LogP contribution in [0.2, 0.25) is 5.02 Å². The molecule has 7 heteroatoms. The lowest BCUT2D eigenvalue weighted by atomic mass is 10.1. The highest BCUT2D eigenvalue weighted by atomic mass is 35.5. The van der Waals surface area contributed by atoms with Crippen molar-refractivity contribution in [2.24, 2.45) is 4.99 Å². The van der Waals surface area contributed by atoms with E-state index in [0.717, 1.165) is 22.4 Å². The zero-order valence-electron chi connectivity index (χ0n) is 19.2. The van der Waals surface area contributed by atoms with Crippen molar-refractivity contribution in [2.75, 3.05) is 6.61 Å². The third kappa shape index (κ3) is 6.01. The Bertz CT molecular complexity index is 1270. The van der Waals surface area contributed by atoms with Gasteiger partial charge in [0, 0.05) is 5.02 Å². The van der Waals surface area contributed by atoms with Crippen LogP contribution >= 0.6 is 23.4 Å². The lowest BCUT2D eigenvalue weighted by Crippen LogP contribution is -2.19. The number of thioether (sulfide) groups is 1. The maximum atomic E-state index is 12.5. The second kappa shape index (κ2) is 10.8. The molecule has 1 saturated heterocycles. The fraction of sp³-hybridized carbons (Fsp3) is 0.185. The molecule has 0 bridgehead atoms. The summed E-state index contributed by atoms with van der Waals surface area (Å²) in [6.07, 6.45) is 1.83. The Hall–Kier alpha value is -3.22. The standard InChI is InChI=1S/C27H25ClN2O3S/c1-4-32-24-14-20(8-12-23(24)33-16-19-6-9-21(28)10-7-19)15-25-26(31)30-27(34-25)29-22-11-5-17(2)18(3)13-22/h5-15H,4,16H2,1-3H3,(H,29,30,31). The number of rotatable bonds is 7. The highest BCUT2D eigenvalue weighted by Gasteiger charge is 2.24. The molecule has 0 spiro atoms. The second-order valence-corrected chi connectivity index (χ2v) is 9.27. The van der Waals surface area contributed by atoms with Crippen molar-refractivity contribution < 1.29 is 14.3 Å². The fourth-order valence-electron chi connectivity index (χ4n) is 3.29. The largest absolute Gasteiger partial charge is 0.490 e.